The molecule has 1 aliphatic carbocycles. The van der Waals surface area contributed by atoms with Gasteiger partial charge in [-0.2, -0.15) is 0 Å². The van der Waals surface area contributed by atoms with E-state index in [9.17, 15) is 19.5 Å². The van der Waals surface area contributed by atoms with E-state index in [0.717, 1.165) is 5.56 Å². The van der Waals surface area contributed by atoms with Crippen LogP contribution in [0.5, 0.6) is 5.75 Å². The summed E-state index contributed by atoms with van der Waals surface area (Å²) in [4.78, 5) is 39.5. The second-order valence-electron chi connectivity index (χ2n) is 12.6. The van der Waals surface area contributed by atoms with Crippen LogP contribution in [-0.4, -0.2) is 57.0 Å². The Balaban J connectivity index is 1.84. The van der Waals surface area contributed by atoms with Crippen molar-refractivity contribution in [2.24, 2.45) is 11.8 Å². The van der Waals surface area contributed by atoms with Crippen LogP contribution in [0.2, 0.25) is 19.6 Å². The van der Waals surface area contributed by atoms with Gasteiger partial charge < -0.3 is 33.2 Å². The number of hydrogen-bond acceptors (Lipinski definition) is 10. The van der Waals surface area contributed by atoms with Gasteiger partial charge in [-0.25, -0.2) is 4.79 Å². The first-order valence-electron chi connectivity index (χ1n) is 15.5. The van der Waals surface area contributed by atoms with Gasteiger partial charge in [0.15, 0.2) is 0 Å². The molecule has 46 heavy (non-hydrogen) atoms. The molecule has 0 amide bonds. The van der Waals surface area contributed by atoms with Gasteiger partial charge in [-0.1, -0.05) is 69.0 Å². The second kappa shape index (κ2) is 14.7. The van der Waals surface area contributed by atoms with E-state index in [-0.39, 0.29) is 19.6 Å². The molecule has 3 aromatic rings. The van der Waals surface area contributed by atoms with Crippen molar-refractivity contribution in [1.82, 2.24) is 0 Å². The zero-order chi connectivity index (χ0) is 33.6. The lowest BCUT2D eigenvalue weighted by molar-refractivity contribution is -0.241. The molecule has 0 bridgehead atoms. The molecular formula is C35H44O10Si. The van der Waals surface area contributed by atoms with Gasteiger partial charge in [-0.3, -0.25) is 9.59 Å². The molecule has 248 valence electrons. The van der Waals surface area contributed by atoms with Crippen LogP contribution in [0.3, 0.4) is 0 Å². The molecule has 2 aromatic carbocycles. The molecule has 10 nitrogen and oxygen atoms in total. The van der Waals surface area contributed by atoms with Gasteiger partial charge in [0.2, 0.25) is 6.10 Å². The maximum Gasteiger partial charge on any atom is 0.352 e. The monoisotopic (exact) mass is 652 g/mol. The quantitative estimate of drug-likeness (QED) is 0.161. The molecule has 1 fully saturated rings. The predicted molar refractivity (Wildman–Crippen MR) is 172 cm³/mol. The normalized spacial score (nSPS) is 23.7. The molecule has 1 saturated carbocycles. The Kier molecular flexibility index (Phi) is 11.1. The van der Waals surface area contributed by atoms with Crippen LogP contribution >= 0.6 is 0 Å². The van der Waals surface area contributed by atoms with Crippen molar-refractivity contribution in [3.05, 3.63) is 83.6 Å². The van der Waals surface area contributed by atoms with E-state index in [0.29, 0.717) is 22.3 Å². The van der Waals surface area contributed by atoms with Gasteiger partial charge in [0.1, 0.15) is 31.6 Å². The van der Waals surface area contributed by atoms with Gasteiger partial charge in [0.05, 0.1) is 37.9 Å². The fourth-order valence-corrected chi connectivity index (χ4v) is 7.56. The van der Waals surface area contributed by atoms with E-state index in [2.05, 4.69) is 19.6 Å². The Labute approximate surface area is 270 Å². The summed E-state index contributed by atoms with van der Waals surface area (Å²) in [6.45, 7) is 11.1. The average Bonchev–Trinajstić information content (AvgIpc) is 3.54. The largest absolute Gasteiger partial charge is 0.497 e. The number of rotatable bonds is 12. The SMILES string of the molecule is CCOC(=O)[C@H]1C[C@H](C)[C@@H](OC(=O)[C@@H](OC(C)=O)c2ccccc2)[C@H](OCc2ccc(OC)cc2)[C@@]1(O)c1ccoc1[Si](C)(C)C. The van der Waals surface area contributed by atoms with Crippen LogP contribution in [0.15, 0.2) is 71.3 Å². The molecule has 1 aliphatic rings. The maximum atomic E-state index is 13.9. The van der Waals surface area contributed by atoms with Gasteiger partial charge in [0.25, 0.3) is 0 Å². The summed E-state index contributed by atoms with van der Waals surface area (Å²) in [6.07, 6.45) is -2.05. The molecule has 0 spiro atoms. The highest BCUT2D eigenvalue weighted by atomic mass is 28.3. The topological polar surface area (TPSA) is 131 Å². The van der Waals surface area contributed by atoms with Crippen LogP contribution in [0.1, 0.15) is 50.0 Å². The number of ether oxygens (including phenoxy) is 5. The fourth-order valence-electron chi connectivity index (χ4n) is 6.05. The summed E-state index contributed by atoms with van der Waals surface area (Å²) in [5.41, 5.74) is -0.421. The van der Waals surface area contributed by atoms with Crippen LogP contribution in [0, 0.1) is 11.8 Å². The van der Waals surface area contributed by atoms with Crippen molar-refractivity contribution in [3.63, 3.8) is 0 Å². The third-order valence-corrected chi connectivity index (χ3v) is 9.97. The highest BCUT2D eigenvalue weighted by Crippen LogP contribution is 2.48. The van der Waals surface area contributed by atoms with Crippen molar-refractivity contribution >= 4 is 31.4 Å². The molecule has 0 aliphatic heterocycles. The smallest absolute Gasteiger partial charge is 0.352 e. The van der Waals surface area contributed by atoms with Gasteiger partial charge in [0, 0.05) is 18.1 Å². The van der Waals surface area contributed by atoms with E-state index >= 15 is 0 Å². The summed E-state index contributed by atoms with van der Waals surface area (Å²) in [5.74, 6) is -2.96. The number of benzene rings is 2. The number of esters is 3. The summed E-state index contributed by atoms with van der Waals surface area (Å²) in [6, 6.07) is 17.4. The lowest BCUT2D eigenvalue weighted by Crippen LogP contribution is -2.64. The number of methoxy groups -OCH3 is 1. The minimum Gasteiger partial charge on any atom is -0.497 e. The van der Waals surface area contributed by atoms with Crippen molar-refractivity contribution in [3.8, 4) is 5.75 Å². The Morgan fingerprint density at radius 2 is 1.72 bits per heavy atom. The third kappa shape index (κ3) is 7.54. The zero-order valence-electron chi connectivity index (χ0n) is 27.5. The van der Waals surface area contributed by atoms with Gasteiger partial charge >= 0.3 is 17.9 Å². The zero-order valence-corrected chi connectivity index (χ0v) is 28.5. The number of furan rings is 1. The lowest BCUT2D eigenvalue weighted by atomic mass is 9.65. The maximum absolute atomic E-state index is 13.9. The Hall–Kier alpha value is -3.93. The van der Waals surface area contributed by atoms with Crippen LogP contribution < -0.4 is 10.1 Å². The van der Waals surface area contributed by atoms with Crippen LogP contribution in [0.4, 0.5) is 0 Å². The molecule has 6 atom stereocenters. The lowest BCUT2D eigenvalue weighted by Gasteiger charge is -2.50. The Bertz CT molecular complexity index is 1480. The third-order valence-electron chi connectivity index (χ3n) is 8.22. The second-order valence-corrected chi connectivity index (χ2v) is 17.6. The van der Waals surface area contributed by atoms with Crippen LogP contribution in [0.25, 0.3) is 0 Å². The Morgan fingerprint density at radius 3 is 2.30 bits per heavy atom. The summed E-state index contributed by atoms with van der Waals surface area (Å²) < 4.78 is 34.9. The number of aliphatic hydroxyl groups is 1. The summed E-state index contributed by atoms with van der Waals surface area (Å²) in [5, 5.41) is 13.6. The highest BCUT2D eigenvalue weighted by Gasteiger charge is 2.61. The highest BCUT2D eigenvalue weighted by molar-refractivity contribution is 6.88. The molecule has 0 radical (unpaired) electrons. The first kappa shape index (κ1) is 34.9. The predicted octanol–water partition coefficient (Wildman–Crippen LogP) is 5.04. The van der Waals surface area contributed by atoms with E-state index in [1.54, 1.807) is 62.6 Å². The van der Waals surface area contributed by atoms with E-state index in [1.165, 1.54) is 13.2 Å². The number of hydrogen-bond donors (Lipinski definition) is 1. The molecule has 4 rings (SSSR count). The van der Waals surface area contributed by atoms with Crippen molar-refractivity contribution in [1.29, 1.82) is 0 Å². The van der Waals surface area contributed by atoms with Gasteiger partial charge in [-0.05, 0) is 43.0 Å². The van der Waals surface area contributed by atoms with E-state index < -0.39 is 61.7 Å². The minimum atomic E-state index is -2.23. The fraction of sp³-hybridized carbons (Fsp3) is 0.457. The number of carbonyl (C=O) groups is 3. The Morgan fingerprint density at radius 1 is 1.04 bits per heavy atom. The molecule has 0 unspecified atom stereocenters. The van der Waals surface area contributed by atoms with E-state index in [1.807, 2.05) is 19.1 Å². The first-order chi connectivity index (χ1) is 21.8. The average molecular weight is 653 g/mol. The summed E-state index contributed by atoms with van der Waals surface area (Å²) >= 11 is 0. The molecular weight excluding hydrogens is 608 g/mol. The van der Waals surface area contributed by atoms with Crippen molar-refractivity contribution in [2.75, 3.05) is 13.7 Å². The molecule has 1 heterocycles. The molecule has 1 aromatic heterocycles. The molecule has 11 heteroatoms. The van der Waals surface area contributed by atoms with E-state index in [4.69, 9.17) is 28.1 Å². The number of carbonyl (C=O) groups excluding carboxylic acids is 3. The van der Waals surface area contributed by atoms with Crippen molar-refractivity contribution < 1.29 is 47.6 Å². The minimum absolute atomic E-state index is 0.0134. The van der Waals surface area contributed by atoms with Gasteiger partial charge in [-0.15, -0.1) is 0 Å². The van der Waals surface area contributed by atoms with Crippen molar-refractivity contribution in [2.45, 2.75) is 77.4 Å². The van der Waals surface area contributed by atoms with Crippen LogP contribution in [-0.2, 0) is 45.5 Å². The summed E-state index contributed by atoms with van der Waals surface area (Å²) in [7, 11) is -0.659. The molecule has 0 saturated heterocycles. The first-order valence-corrected chi connectivity index (χ1v) is 19.0. The molecule has 1 N–H and O–H groups in total. The standard InChI is InChI=1S/C35H44O10Si/c1-8-41-32(37)28-20-22(2)29(45-33(38)30(44-23(3)36)25-12-10-9-11-13-25)31(43-21-24-14-16-26(40-4)17-15-24)35(28,39)27-18-19-42-34(27)46(5,6)7/h9-19,22,28-31,39H,8,20-21H2,1-7H3/t22-,28+,29+,30-,31-,35+/m0/s1.